The molecule has 108 valence electrons. The maximum Gasteiger partial charge on any atom is 0.123 e. The summed E-state index contributed by atoms with van der Waals surface area (Å²) in [7, 11) is 0. The van der Waals surface area contributed by atoms with Crippen LogP contribution < -0.4 is 4.74 Å². The maximum atomic E-state index is 8.94. The molecule has 0 spiro atoms. The van der Waals surface area contributed by atoms with Gasteiger partial charge in [0.1, 0.15) is 12.4 Å². The van der Waals surface area contributed by atoms with Gasteiger partial charge in [0.05, 0.1) is 11.6 Å². The van der Waals surface area contributed by atoms with Gasteiger partial charge in [0.25, 0.3) is 0 Å². The number of aryl methyl sites for hydroxylation is 1. The zero-order chi connectivity index (χ0) is 15.5. The minimum absolute atomic E-state index is 0.0392. The van der Waals surface area contributed by atoms with Crippen LogP contribution in [0.5, 0.6) is 5.75 Å². The molecule has 2 nitrogen and oxygen atoms in total. The fourth-order valence-corrected chi connectivity index (χ4v) is 2.26. The van der Waals surface area contributed by atoms with Crippen molar-refractivity contribution in [2.24, 2.45) is 0 Å². The largest absolute Gasteiger partial charge is 0.489 e. The van der Waals surface area contributed by atoms with Crippen molar-refractivity contribution in [1.29, 1.82) is 5.26 Å². The molecule has 0 bridgehead atoms. The molecule has 2 rings (SSSR count). The Labute approximate surface area is 127 Å². The summed E-state index contributed by atoms with van der Waals surface area (Å²) < 4.78 is 6.02. The average Bonchev–Trinajstić information content (AvgIpc) is 2.44. The van der Waals surface area contributed by atoms with Crippen molar-refractivity contribution in [3.63, 3.8) is 0 Å². The molecule has 0 fully saturated rings. The fraction of sp³-hybridized carbons (Fsp3) is 0.316. The molecule has 0 N–H and O–H groups in total. The van der Waals surface area contributed by atoms with Gasteiger partial charge >= 0.3 is 0 Å². The van der Waals surface area contributed by atoms with Crippen molar-refractivity contribution in [3.05, 3.63) is 64.7 Å². The summed E-state index contributed by atoms with van der Waals surface area (Å²) in [6.45, 7) is 9.08. The van der Waals surface area contributed by atoms with E-state index in [1.165, 1.54) is 11.1 Å². The van der Waals surface area contributed by atoms with Crippen LogP contribution in [0.4, 0.5) is 0 Å². The molecule has 0 aliphatic carbocycles. The molecule has 2 heteroatoms. The Kier molecular flexibility index (Phi) is 4.33. The molecule has 0 saturated carbocycles. The number of hydrogen-bond donors (Lipinski definition) is 0. The molecule has 0 atom stereocenters. The van der Waals surface area contributed by atoms with Crippen LogP contribution in [0.25, 0.3) is 0 Å². The first-order valence-corrected chi connectivity index (χ1v) is 7.13. The van der Waals surface area contributed by atoms with Gasteiger partial charge in [-0.15, -0.1) is 0 Å². The first-order chi connectivity index (χ1) is 9.90. The molecule has 0 aliphatic rings. The Balaban J connectivity index is 2.23. The van der Waals surface area contributed by atoms with E-state index in [2.05, 4.69) is 52.0 Å². The standard InChI is InChI=1S/C19H21NO/c1-14-8-9-17(19(2,3)4)18(10-14)21-13-16-7-5-6-15(11-16)12-20/h5-11H,13H2,1-4H3. The summed E-state index contributed by atoms with van der Waals surface area (Å²) in [6, 6.07) is 16.0. The highest BCUT2D eigenvalue weighted by molar-refractivity contribution is 5.41. The smallest absolute Gasteiger partial charge is 0.123 e. The summed E-state index contributed by atoms with van der Waals surface area (Å²) in [5, 5.41) is 8.94. The van der Waals surface area contributed by atoms with Gasteiger partial charge in [-0.05, 0) is 47.2 Å². The lowest BCUT2D eigenvalue weighted by Gasteiger charge is -2.23. The topological polar surface area (TPSA) is 33.0 Å². The molecular weight excluding hydrogens is 258 g/mol. The molecule has 0 saturated heterocycles. The van der Waals surface area contributed by atoms with Crippen LogP contribution in [0.2, 0.25) is 0 Å². The molecule has 0 radical (unpaired) electrons. The van der Waals surface area contributed by atoms with E-state index in [4.69, 9.17) is 10.00 Å². The van der Waals surface area contributed by atoms with Crippen LogP contribution in [-0.2, 0) is 12.0 Å². The van der Waals surface area contributed by atoms with Crippen LogP contribution in [0.3, 0.4) is 0 Å². The summed E-state index contributed by atoms with van der Waals surface area (Å²) >= 11 is 0. The number of nitriles is 1. The van der Waals surface area contributed by atoms with Crippen molar-refractivity contribution in [1.82, 2.24) is 0 Å². The second-order valence-electron chi connectivity index (χ2n) is 6.35. The normalized spacial score (nSPS) is 11.0. The third-order valence-electron chi connectivity index (χ3n) is 3.40. The van der Waals surface area contributed by atoms with Crippen LogP contribution in [0.1, 0.15) is 43.0 Å². The number of benzene rings is 2. The molecule has 0 unspecified atom stereocenters. The van der Waals surface area contributed by atoms with Gasteiger partial charge in [0.15, 0.2) is 0 Å². The van der Waals surface area contributed by atoms with Crippen LogP contribution in [0.15, 0.2) is 42.5 Å². The number of rotatable bonds is 3. The molecule has 2 aromatic rings. The second-order valence-corrected chi connectivity index (χ2v) is 6.35. The lowest BCUT2D eigenvalue weighted by atomic mass is 9.86. The summed E-state index contributed by atoms with van der Waals surface area (Å²) in [5.41, 5.74) is 4.09. The quantitative estimate of drug-likeness (QED) is 0.812. The van der Waals surface area contributed by atoms with Gasteiger partial charge in [0.2, 0.25) is 0 Å². The Morgan fingerprint density at radius 3 is 2.52 bits per heavy atom. The van der Waals surface area contributed by atoms with Gasteiger partial charge < -0.3 is 4.74 Å². The number of nitrogens with zero attached hydrogens (tertiary/aromatic N) is 1. The zero-order valence-corrected chi connectivity index (χ0v) is 13.1. The summed E-state index contributed by atoms with van der Waals surface area (Å²) in [6.07, 6.45) is 0. The Morgan fingerprint density at radius 2 is 1.86 bits per heavy atom. The van der Waals surface area contributed by atoms with E-state index in [0.717, 1.165) is 11.3 Å². The molecule has 0 amide bonds. The average molecular weight is 279 g/mol. The van der Waals surface area contributed by atoms with E-state index in [0.29, 0.717) is 12.2 Å². The van der Waals surface area contributed by atoms with Crippen molar-refractivity contribution in [2.45, 2.75) is 39.7 Å². The number of hydrogen-bond acceptors (Lipinski definition) is 2. The SMILES string of the molecule is Cc1ccc(C(C)(C)C)c(OCc2cccc(C#N)c2)c1. The first-order valence-electron chi connectivity index (χ1n) is 7.13. The van der Waals surface area contributed by atoms with Crippen molar-refractivity contribution < 1.29 is 4.74 Å². The minimum Gasteiger partial charge on any atom is -0.489 e. The molecule has 21 heavy (non-hydrogen) atoms. The third-order valence-corrected chi connectivity index (χ3v) is 3.40. The predicted octanol–water partition coefficient (Wildman–Crippen LogP) is 4.74. The van der Waals surface area contributed by atoms with Crippen molar-refractivity contribution in [2.75, 3.05) is 0 Å². The van der Waals surface area contributed by atoms with Gasteiger partial charge in [0, 0.05) is 0 Å². The van der Waals surface area contributed by atoms with Crippen LogP contribution in [0, 0.1) is 18.3 Å². The molecular formula is C19H21NO. The van der Waals surface area contributed by atoms with Gasteiger partial charge in [-0.3, -0.25) is 0 Å². The van der Waals surface area contributed by atoms with Gasteiger partial charge in [-0.2, -0.15) is 5.26 Å². The molecule has 0 aliphatic heterocycles. The second kappa shape index (κ2) is 6.01. The maximum absolute atomic E-state index is 8.94. The van der Waals surface area contributed by atoms with Gasteiger partial charge in [-0.25, -0.2) is 0 Å². The van der Waals surface area contributed by atoms with E-state index in [9.17, 15) is 0 Å². The lowest BCUT2D eigenvalue weighted by Crippen LogP contribution is -2.13. The molecule has 0 heterocycles. The predicted molar refractivity (Wildman–Crippen MR) is 85.4 cm³/mol. The Hall–Kier alpha value is -2.27. The Bertz CT molecular complexity index is 675. The minimum atomic E-state index is 0.0392. The molecule has 2 aromatic carbocycles. The van der Waals surface area contributed by atoms with E-state index < -0.39 is 0 Å². The zero-order valence-electron chi connectivity index (χ0n) is 13.1. The van der Waals surface area contributed by atoms with E-state index in [1.54, 1.807) is 6.07 Å². The monoisotopic (exact) mass is 279 g/mol. The first kappa shape index (κ1) is 15.1. The van der Waals surface area contributed by atoms with E-state index in [1.807, 2.05) is 18.2 Å². The highest BCUT2D eigenvalue weighted by Crippen LogP contribution is 2.32. The van der Waals surface area contributed by atoms with Crippen molar-refractivity contribution >= 4 is 0 Å². The summed E-state index contributed by atoms with van der Waals surface area (Å²) in [4.78, 5) is 0. The van der Waals surface area contributed by atoms with Crippen molar-refractivity contribution in [3.8, 4) is 11.8 Å². The molecule has 0 aromatic heterocycles. The van der Waals surface area contributed by atoms with Crippen LogP contribution >= 0.6 is 0 Å². The highest BCUT2D eigenvalue weighted by Gasteiger charge is 2.19. The van der Waals surface area contributed by atoms with E-state index >= 15 is 0 Å². The summed E-state index contributed by atoms with van der Waals surface area (Å²) in [5.74, 6) is 0.921. The number of ether oxygens (including phenoxy) is 1. The Morgan fingerprint density at radius 1 is 1.10 bits per heavy atom. The lowest BCUT2D eigenvalue weighted by molar-refractivity contribution is 0.297. The highest BCUT2D eigenvalue weighted by atomic mass is 16.5. The third kappa shape index (κ3) is 3.86. The fourth-order valence-electron chi connectivity index (χ4n) is 2.26. The van der Waals surface area contributed by atoms with E-state index in [-0.39, 0.29) is 5.41 Å². The van der Waals surface area contributed by atoms with Crippen LogP contribution in [-0.4, -0.2) is 0 Å². The van der Waals surface area contributed by atoms with Gasteiger partial charge in [-0.1, -0.05) is 45.0 Å².